The summed E-state index contributed by atoms with van der Waals surface area (Å²) in [5.41, 5.74) is 1.57. The van der Waals surface area contributed by atoms with Crippen LogP contribution in [-0.2, 0) is 13.0 Å². The van der Waals surface area contributed by atoms with Crippen LogP contribution in [0.4, 0.5) is 11.5 Å². The van der Waals surface area contributed by atoms with Gasteiger partial charge in [-0.05, 0) is 43.3 Å². The summed E-state index contributed by atoms with van der Waals surface area (Å²) in [6.07, 6.45) is 2.66. The molecule has 5 rings (SSSR count). The number of carbonyl (C=O) groups is 2. The fraction of sp³-hybridized carbons (Fsp3) is 0.346. The third kappa shape index (κ3) is 5.05. The largest absolute Gasteiger partial charge is 0.468 e. The number of nitrogens with zero attached hydrogens (tertiary/aromatic N) is 3. The summed E-state index contributed by atoms with van der Waals surface area (Å²) in [6, 6.07) is 10.6. The van der Waals surface area contributed by atoms with E-state index in [2.05, 4.69) is 27.5 Å². The van der Waals surface area contributed by atoms with Crippen LogP contribution in [0.15, 0.2) is 47.1 Å². The molecule has 1 saturated heterocycles. The lowest BCUT2D eigenvalue weighted by Gasteiger charge is -2.33. The first-order chi connectivity index (χ1) is 17.5. The highest BCUT2D eigenvalue weighted by Crippen LogP contribution is 2.32. The van der Waals surface area contributed by atoms with E-state index in [1.54, 1.807) is 30.3 Å². The molecule has 0 radical (unpaired) electrons. The number of nitrogens with one attached hydrogen (secondary N) is 2. The van der Waals surface area contributed by atoms with Crippen molar-refractivity contribution in [3.63, 3.8) is 0 Å². The van der Waals surface area contributed by atoms with Gasteiger partial charge < -0.3 is 34.7 Å². The van der Waals surface area contributed by atoms with Crippen LogP contribution in [0.3, 0.4) is 0 Å². The van der Waals surface area contributed by atoms with Gasteiger partial charge in [-0.15, -0.1) is 0 Å². The quantitative estimate of drug-likeness (QED) is 0.481. The zero-order valence-corrected chi connectivity index (χ0v) is 20.1. The molecule has 0 unspecified atom stereocenters. The first kappa shape index (κ1) is 23.8. The SMILES string of the molecule is CN1CCN(c2ccc(NC(=O)c3coc4c3C(=O)NCCC4)c(Oc3ccc(CO)cc3)n2)CC1. The van der Waals surface area contributed by atoms with E-state index < -0.39 is 5.91 Å². The van der Waals surface area contributed by atoms with Crippen molar-refractivity contribution < 1.29 is 23.8 Å². The molecule has 1 aromatic carbocycles. The Morgan fingerprint density at radius 1 is 1.17 bits per heavy atom. The average Bonchev–Trinajstić information content (AvgIpc) is 3.24. The van der Waals surface area contributed by atoms with Gasteiger partial charge in [-0.3, -0.25) is 9.59 Å². The van der Waals surface area contributed by atoms with Crippen LogP contribution < -0.4 is 20.3 Å². The number of likely N-dealkylation sites (N-methyl/N-ethyl adjacent to an activating group) is 1. The molecule has 1 fully saturated rings. The molecule has 2 aromatic heterocycles. The van der Waals surface area contributed by atoms with Gasteiger partial charge in [-0.2, -0.15) is 4.98 Å². The molecule has 188 valence electrons. The minimum atomic E-state index is -0.480. The smallest absolute Gasteiger partial charge is 0.259 e. The Morgan fingerprint density at radius 2 is 1.94 bits per heavy atom. The number of pyridine rings is 1. The third-order valence-electron chi connectivity index (χ3n) is 6.45. The standard InChI is InChI=1S/C26H29N5O5/c1-30-11-13-31(14-12-30)22-9-8-20(26(29-22)36-18-6-4-17(15-32)5-7-18)28-24(33)19-16-35-21-3-2-10-27-25(34)23(19)21/h4-9,16,32H,2-3,10-15H2,1H3,(H,27,34)(H,28,33). The minimum absolute atomic E-state index is 0.0681. The fourth-order valence-electron chi connectivity index (χ4n) is 4.32. The van der Waals surface area contributed by atoms with Crippen molar-refractivity contribution in [3.8, 4) is 11.6 Å². The molecule has 0 saturated carbocycles. The number of hydrogen-bond donors (Lipinski definition) is 3. The van der Waals surface area contributed by atoms with E-state index in [1.165, 1.54) is 6.26 Å². The Balaban J connectivity index is 1.44. The lowest BCUT2D eigenvalue weighted by atomic mass is 10.1. The molecule has 0 aliphatic carbocycles. The summed E-state index contributed by atoms with van der Waals surface area (Å²) in [7, 11) is 2.09. The Hall–Kier alpha value is -3.89. The first-order valence-electron chi connectivity index (χ1n) is 12.0. The van der Waals surface area contributed by atoms with Crippen LogP contribution in [0, 0.1) is 0 Å². The second-order valence-corrected chi connectivity index (χ2v) is 8.98. The highest BCUT2D eigenvalue weighted by Gasteiger charge is 2.27. The van der Waals surface area contributed by atoms with Crippen LogP contribution in [0.2, 0.25) is 0 Å². The molecular formula is C26H29N5O5. The highest BCUT2D eigenvalue weighted by molar-refractivity contribution is 6.13. The number of amides is 2. The second-order valence-electron chi connectivity index (χ2n) is 8.98. The van der Waals surface area contributed by atoms with Gasteiger partial charge in [0.25, 0.3) is 11.8 Å². The summed E-state index contributed by atoms with van der Waals surface area (Å²) in [4.78, 5) is 34.9. The molecule has 10 nitrogen and oxygen atoms in total. The van der Waals surface area contributed by atoms with Crippen LogP contribution in [0.25, 0.3) is 0 Å². The Morgan fingerprint density at radius 3 is 2.69 bits per heavy atom. The number of aliphatic hydroxyl groups excluding tert-OH is 1. The molecule has 0 spiro atoms. The molecule has 4 heterocycles. The molecule has 0 atom stereocenters. The maximum Gasteiger partial charge on any atom is 0.259 e. The molecule has 2 aliphatic rings. The van der Waals surface area contributed by atoms with Crippen molar-refractivity contribution in [1.82, 2.24) is 15.2 Å². The van der Waals surface area contributed by atoms with E-state index in [4.69, 9.17) is 14.1 Å². The van der Waals surface area contributed by atoms with Crippen molar-refractivity contribution in [3.05, 3.63) is 65.1 Å². The van der Waals surface area contributed by atoms with Crippen LogP contribution in [0.1, 0.15) is 38.5 Å². The molecule has 2 amide bonds. The van der Waals surface area contributed by atoms with Crippen LogP contribution in [0.5, 0.6) is 11.6 Å². The summed E-state index contributed by atoms with van der Waals surface area (Å²) in [6.45, 7) is 3.97. The van der Waals surface area contributed by atoms with Crippen molar-refractivity contribution in [1.29, 1.82) is 0 Å². The fourth-order valence-corrected chi connectivity index (χ4v) is 4.32. The highest BCUT2D eigenvalue weighted by atomic mass is 16.5. The second kappa shape index (κ2) is 10.4. The molecule has 3 aromatic rings. The summed E-state index contributed by atoms with van der Waals surface area (Å²) < 4.78 is 11.6. The van der Waals surface area contributed by atoms with Crippen molar-refractivity contribution in [2.24, 2.45) is 0 Å². The molecule has 10 heteroatoms. The van der Waals surface area contributed by atoms with Crippen molar-refractivity contribution >= 4 is 23.3 Å². The van der Waals surface area contributed by atoms with Crippen molar-refractivity contribution in [2.45, 2.75) is 19.4 Å². The van der Waals surface area contributed by atoms with E-state index >= 15 is 0 Å². The summed E-state index contributed by atoms with van der Waals surface area (Å²) in [5.74, 6) is 1.22. The number of rotatable bonds is 6. The first-order valence-corrected chi connectivity index (χ1v) is 12.0. The Labute approximate surface area is 208 Å². The number of piperazine rings is 1. The predicted molar refractivity (Wildman–Crippen MR) is 134 cm³/mol. The van der Waals surface area contributed by atoms with Gasteiger partial charge in [0.15, 0.2) is 0 Å². The summed E-state index contributed by atoms with van der Waals surface area (Å²) in [5, 5.41) is 15.0. The van der Waals surface area contributed by atoms with Crippen LogP contribution in [-0.4, -0.2) is 66.6 Å². The van der Waals surface area contributed by atoms with Gasteiger partial charge in [0.05, 0.1) is 17.7 Å². The Kier molecular flexibility index (Phi) is 6.88. The number of aryl methyl sites for hydroxylation is 1. The van der Waals surface area contributed by atoms with Gasteiger partial charge in [-0.1, -0.05) is 12.1 Å². The number of benzene rings is 1. The third-order valence-corrected chi connectivity index (χ3v) is 6.45. The molecule has 3 N–H and O–H groups in total. The van der Waals surface area contributed by atoms with E-state index in [9.17, 15) is 14.7 Å². The minimum Gasteiger partial charge on any atom is -0.468 e. The number of fused-ring (bicyclic) bond motifs is 1. The van der Waals surface area contributed by atoms with E-state index in [-0.39, 0.29) is 29.5 Å². The van der Waals surface area contributed by atoms with E-state index in [0.717, 1.165) is 44.0 Å². The lowest BCUT2D eigenvalue weighted by Crippen LogP contribution is -2.44. The normalized spacial score (nSPS) is 16.2. The number of aliphatic hydroxyl groups is 1. The van der Waals surface area contributed by atoms with E-state index in [1.807, 2.05) is 6.07 Å². The zero-order chi connectivity index (χ0) is 25.1. The number of hydrogen-bond acceptors (Lipinski definition) is 8. The monoisotopic (exact) mass is 491 g/mol. The van der Waals surface area contributed by atoms with Gasteiger partial charge in [0, 0.05) is 39.1 Å². The maximum absolute atomic E-state index is 13.2. The number of furan rings is 1. The molecular weight excluding hydrogens is 462 g/mol. The lowest BCUT2D eigenvalue weighted by molar-refractivity contribution is 0.0943. The molecule has 2 aliphatic heterocycles. The Bertz CT molecular complexity index is 1250. The topological polar surface area (TPSA) is 120 Å². The molecule has 36 heavy (non-hydrogen) atoms. The number of anilines is 2. The van der Waals surface area contributed by atoms with Crippen molar-refractivity contribution in [2.75, 3.05) is 50.0 Å². The number of carbonyl (C=O) groups excluding carboxylic acids is 2. The van der Waals surface area contributed by atoms with Gasteiger partial charge >= 0.3 is 0 Å². The van der Waals surface area contributed by atoms with Gasteiger partial charge in [-0.25, -0.2) is 0 Å². The molecule has 0 bridgehead atoms. The number of aromatic nitrogens is 1. The van der Waals surface area contributed by atoms with E-state index in [0.29, 0.717) is 30.2 Å². The maximum atomic E-state index is 13.2. The predicted octanol–water partition coefficient (Wildman–Crippen LogP) is 2.64. The summed E-state index contributed by atoms with van der Waals surface area (Å²) >= 11 is 0. The average molecular weight is 492 g/mol. The zero-order valence-electron chi connectivity index (χ0n) is 20.1. The van der Waals surface area contributed by atoms with Gasteiger partial charge in [0.2, 0.25) is 5.88 Å². The van der Waals surface area contributed by atoms with Crippen LogP contribution >= 0.6 is 0 Å². The van der Waals surface area contributed by atoms with Gasteiger partial charge in [0.1, 0.15) is 29.3 Å². The number of ether oxygens (including phenoxy) is 1.